The van der Waals surface area contributed by atoms with Gasteiger partial charge in [-0.25, -0.2) is 0 Å². The van der Waals surface area contributed by atoms with Crippen LogP contribution in [0.1, 0.15) is 43.4 Å². The first-order valence-electron chi connectivity index (χ1n) is 7.79. The van der Waals surface area contributed by atoms with Crippen LogP contribution in [0.5, 0.6) is 0 Å². The Balaban J connectivity index is 1.82. The molecule has 0 bridgehead atoms. The summed E-state index contributed by atoms with van der Waals surface area (Å²) in [7, 11) is 0. The van der Waals surface area contributed by atoms with Crippen molar-refractivity contribution in [1.82, 2.24) is 16.2 Å². The normalized spacial score (nSPS) is 10.2. The van der Waals surface area contributed by atoms with E-state index in [1.165, 1.54) is 0 Å². The molecule has 0 fully saturated rings. The van der Waals surface area contributed by atoms with Gasteiger partial charge in [-0.15, -0.1) is 0 Å². The van der Waals surface area contributed by atoms with Crippen molar-refractivity contribution >= 4 is 17.7 Å². The van der Waals surface area contributed by atoms with Crippen molar-refractivity contribution in [2.75, 3.05) is 6.54 Å². The minimum atomic E-state index is -0.539. The molecular weight excluding hydrogens is 322 g/mol. The number of amides is 3. The summed E-state index contributed by atoms with van der Waals surface area (Å²) in [5.74, 6) is -0.306. The Morgan fingerprint density at radius 1 is 0.920 bits per heavy atom. The quantitative estimate of drug-likeness (QED) is 0.736. The molecule has 3 N–H and O–H groups in total. The monoisotopic (exact) mass is 343 g/mol. The minimum absolute atomic E-state index is 0.255. The molecule has 0 aliphatic carbocycles. The highest BCUT2D eigenvalue weighted by molar-refractivity contribution is 5.98. The summed E-state index contributed by atoms with van der Waals surface area (Å²) in [4.78, 5) is 35.7. The van der Waals surface area contributed by atoms with E-state index < -0.39 is 11.8 Å². The number of hydrazine groups is 1. The van der Waals surface area contributed by atoms with Gasteiger partial charge in [-0.2, -0.15) is 0 Å². The molecule has 1 aromatic heterocycles. The molecule has 0 aliphatic rings. The molecule has 0 radical (unpaired) electrons. The van der Waals surface area contributed by atoms with Gasteiger partial charge in [0.1, 0.15) is 11.5 Å². The molecule has 1 aromatic carbocycles. The molecule has 3 amide bonds. The highest BCUT2D eigenvalue weighted by atomic mass is 16.3. The van der Waals surface area contributed by atoms with Crippen LogP contribution in [0.25, 0.3) is 0 Å². The lowest BCUT2D eigenvalue weighted by molar-refractivity contribution is -0.120. The van der Waals surface area contributed by atoms with Crippen LogP contribution in [-0.4, -0.2) is 24.3 Å². The first-order valence-corrected chi connectivity index (χ1v) is 7.79. The molecule has 1 heterocycles. The van der Waals surface area contributed by atoms with Crippen molar-refractivity contribution in [2.45, 2.75) is 27.7 Å². The summed E-state index contributed by atoms with van der Waals surface area (Å²) >= 11 is 0. The van der Waals surface area contributed by atoms with Gasteiger partial charge >= 0.3 is 0 Å². The number of rotatable bonds is 4. The number of hydrogen-bond acceptors (Lipinski definition) is 4. The second-order valence-corrected chi connectivity index (χ2v) is 5.81. The third-order valence-corrected chi connectivity index (χ3v) is 3.78. The van der Waals surface area contributed by atoms with Crippen LogP contribution in [0.15, 0.2) is 28.7 Å². The van der Waals surface area contributed by atoms with Crippen LogP contribution in [0.2, 0.25) is 0 Å². The lowest BCUT2D eigenvalue weighted by Crippen LogP contribution is -2.46. The summed E-state index contributed by atoms with van der Waals surface area (Å²) in [6.45, 7) is 7.00. The van der Waals surface area contributed by atoms with Crippen LogP contribution in [0.4, 0.5) is 0 Å². The molecule has 2 aromatic rings. The Labute approximate surface area is 145 Å². The van der Waals surface area contributed by atoms with E-state index in [0.29, 0.717) is 22.6 Å². The first-order chi connectivity index (χ1) is 11.8. The van der Waals surface area contributed by atoms with Gasteiger partial charge in [0.2, 0.25) is 0 Å². The lowest BCUT2D eigenvalue weighted by Gasteiger charge is -2.09. The fourth-order valence-corrected chi connectivity index (χ4v) is 2.24. The van der Waals surface area contributed by atoms with Crippen molar-refractivity contribution in [3.63, 3.8) is 0 Å². The van der Waals surface area contributed by atoms with Crippen molar-refractivity contribution < 1.29 is 18.8 Å². The predicted molar refractivity (Wildman–Crippen MR) is 92.0 cm³/mol. The second kappa shape index (κ2) is 7.65. The maximum atomic E-state index is 12.0. The van der Waals surface area contributed by atoms with Gasteiger partial charge in [0.05, 0.1) is 12.1 Å². The summed E-state index contributed by atoms with van der Waals surface area (Å²) in [6.07, 6.45) is 0. The Kier molecular flexibility index (Phi) is 5.59. The van der Waals surface area contributed by atoms with Gasteiger partial charge in [-0.05, 0) is 57.0 Å². The van der Waals surface area contributed by atoms with Crippen LogP contribution < -0.4 is 16.2 Å². The van der Waals surface area contributed by atoms with E-state index in [0.717, 1.165) is 11.1 Å². The zero-order chi connectivity index (χ0) is 18.6. The van der Waals surface area contributed by atoms with E-state index >= 15 is 0 Å². The van der Waals surface area contributed by atoms with Crippen molar-refractivity contribution in [3.05, 3.63) is 58.0 Å². The first kappa shape index (κ1) is 18.3. The minimum Gasteiger partial charge on any atom is -0.466 e. The van der Waals surface area contributed by atoms with Crippen LogP contribution in [0, 0.1) is 27.7 Å². The predicted octanol–water partition coefficient (Wildman–Crippen LogP) is 1.70. The van der Waals surface area contributed by atoms with Gasteiger partial charge in [0.15, 0.2) is 0 Å². The number of aryl methyl sites for hydroxylation is 4. The molecule has 0 saturated carbocycles. The average molecular weight is 343 g/mol. The van der Waals surface area contributed by atoms with Gasteiger partial charge in [-0.1, -0.05) is 6.07 Å². The smallest absolute Gasteiger partial charge is 0.273 e. The van der Waals surface area contributed by atoms with E-state index in [1.54, 1.807) is 32.0 Å². The number of carbonyl (C=O) groups is 3. The Hall–Kier alpha value is -3.09. The molecule has 0 spiro atoms. The topological polar surface area (TPSA) is 100 Å². The van der Waals surface area contributed by atoms with Crippen LogP contribution in [0.3, 0.4) is 0 Å². The highest BCUT2D eigenvalue weighted by Gasteiger charge is 2.14. The maximum Gasteiger partial charge on any atom is 0.273 e. The SMILES string of the molecule is Cc1cc(C(=O)NNC(=O)CNC(=O)c2ccc(C)c(C)c2)c(C)o1. The van der Waals surface area contributed by atoms with E-state index in [1.807, 2.05) is 19.9 Å². The van der Waals surface area contributed by atoms with E-state index in [4.69, 9.17) is 4.42 Å². The van der Waals surface area contributed by atoms with Crippen LogP contribution in [-0.2, 0) is 4.79 Å². The number of furan rings is 1. The Morgan fingerprint density at radius 3 is 2.24 bits per heavy atom. The molecule has 0 unspecified atom stereocenters. The fourth-order valence-electron chi connectivity index (χ4n) is 2.24. The Morgan fingerprint density at radius 2 is 1.64 bits per heavy atom. The van der Waals surface area contributed by atoms with Gasteiger partial charge in [-0.3, -0.25) is 25.2 Å². The average Bonchev–Trinajstić information content (AvgIpc) is 2.91. The lowest BCUT2D eigenvalue weighted by atomic mass is 10.1. The highest BCUT2D eigenvalue weighted by Crippen LogP contribution is 2.13. The molecule has 2 rings (SSSR count). The number of benzene rings is 1. The third-order valence-electron chi connectivity index (χ3n) is 3.78. The zero-order valence-electron chi connectivity index (χ0n) is 14.6. The fraction of sp³-hybridized carbons (Fsp3) is 0.278. The van der Waals surface area contributed by atoms with Crippen molar-refractivity contribution in [1.29, 1.82) is 0 Å². The summed E-state index contributed by atoms with van der Waals surface area (Å²) in [5.41, 5.74) is 7.43. The molecule has 0 aliphatic heterocycles. The number of carbonyl (C=O) groups excluding carboxylic acids is 3. The largest absolute Gasteiger partial charge is 0.466 e. The van der Waals surface area contributed by atoms with Gasteiger partial charge < -0.3 is 9.73 Å². The molecule has 7 heteroatoms. The van der Waals surface area contributed by atoms with Crippen molar-refractivity contribution in [2.24, 2.45) is 0 Å². The molecule has 7 nitrogen and oxygen atoms in total. The summed E-state index contributed by atoms with van der Waals surface area (Å²) in [5, 5.41) is 2.50. The molecule has 132 valence electrons. The molecule has 0 saturated heterocycles. The molecule has 0 atom stereocenters. The van der Waals surface area contributed by atoms with Gasteiger partial charge in [0.25, 0.3) is 17.7 Å². The van der Waals surface area contributed by atoms with Crippen molar-refractivity contribution in [3.8, 4) is 0 Å². The number of hydrogen-bond donors (Lipinski definition) is 3. The maximum absolute atomic E-state index is 12.0. The van der Waals surface area contributed by atoms with Gasteiger partial charge in [0, 0.05) is 5.56 Å². The third kappa shape index (κ3) is 4.69. The number of nitrogens with one attached hydrogen (secondary N) is 3. The molecule has 25 heavy (non-hydrogen) atoms. The van der Waals surface area contributed by atoms with E-state index in [2.05, 4.69) is 16.2 Å². The summed E-state index contributed by atoms with van der Waals surface area (Å²) in [6, 6.07) is 6.88. The zero-order valence-corrected chi connectivity index (χ0v) is 14.6. The molecular formula is C18H21N3O4. The van der Waals surface area contributed by atoms with Crippen LogP contribution >= 0.6 is 0 Å². The standard InChI is InChI=1S/C18H21N3O4/c1-10-5-6-14(7-11(10)2)17(23)19-9-16(22)20-21-18(24)15-8-12(3)25-13(15)4/h5-8H,9H2,1-4H3,(H,19,23)(H,20,22)(H,21,24). The van der Waals surface area contributed by atoms with E-state index in [9.17, 15) is 14.4 Å². The second-order valence-electron chi connectivity index (χ2n) is 5.81. The van der Waals surface area contributed by atoms with E-state index in [-0.39, 0.29) is 12.5 Å². The Bertz CT molecular complexity index is 824. The summed E-state index contributed by atoms with van der Waals surface area (Å²) < 4.78 is 5.26.